The van der Waals surface area contributed by atoms with Crippen molar-refractivity contribution in [3.63, 3.8) is 0 Å². The molecule has 0 radical (unpaired) electrons. The van der Waals surface area contributed by atoms with Crippen LogP contribution in [-0.2, 0) is 19.1 Å². The lowest BCUT2D eigenvalue weighted by atomic mass is 9.99. The van der Waals surface area contributed by atoms with Gasteiger partial charge in [-0.1, -0.05) is 12.1 Å². The summed E-state index contributed by atoms with van der Waals surface area (Å²) in [7, 11) is 0. The SMILES string of the molecule is C[C@H](NC(=O)N1CCc2c(cccc2Oc2ccc(C(F)(F)F)cc2)C1)C1CC1. The van der Waals surface area contributed by atoms with Gasteiger partial charge in [-0.15, -0.1) is 0 Å². The molecule has 1 aliphatic carbocycles. The van der Waals surface area contributed by atoms with Crippen LogP contribution in [0.5, 0.6) is 11.5 Å². The van der Waals surface area contributed by atoms with E-state index in [0.29, 0.717) is 36.9 Å². The van der Waals surface area contributed by atoms with Crippen LogP contribution in [0.15, 0.2) is 42.5 Å². The Balaban J connectivity index is 1.45. The monoisotopic (exact) mass is 404 g/mol. The summed E-state index contributed by atoms with van der Waals surface area (Å²) in [6.07, 6.45) is -1.38. The van der Waals surface area contributed by atoms with Crippen molar-refractivity contribution in [2.24, 2.45) is 5.92 Å². The lowest BCUT2D eigenvalue weighted by Gasteiger charge is -2.31. The van der Waals surface area contributed by atoms with Crippen LogP contribution in [0, 0.1) is 5.92 Å². The molecule has 0 unspecified atom stereocenters. The number of rotatable bonds is 4. The summed E-state index contributed by atoms with van der Waals surface area (Å²) in [6.45, 7) is 3.11. The lowest BCUT2D eigenvalue weighted by molar-refractivity contribution is -0.137. The second-order valence-corrected chi connectivity index (χ2v) is 7.77. The van der Waals surface area contributed by atoms with Crippen LogP contribution in [0.2, 0.25) is 0 Å². The second-order valence-electron chi connectivity index (χ2n) is 7.77. The molecular weight excluding hydrogens is 381 g/mol. The predicted octanol–water partition coefficient (Wildman–Crippen LogP) is 5.36. The van der Waals surface area contributed by atoms with Crippen LogP contribution in [0.25, 0.3) is 0 Å². The first-order valence-electron chi connectivity index (χ1n) is 9.82. The molecule has 0 bridgehead atoms. The molecule has 2 aliphatic rings. The Kier molecular flexibility index (Phi) is 5.15. The third-order valence-corrected chi connectivity index (χ3v) is 5.60. The van der Waals surface area contributed by atoms with Crippen LogP contribution >= 0.6 is 0 Å². The van der Waals surface area contributed by atoms with Crippen LogP contribution in [-0.4, -0.2) is 23.5 Å². The molecule has 1 atom stereocenters. The van der Waals surface area contributed by atoms with Gasteiger partial charge < -0.3 is 15.0 Å². The molecule has 7 heteroatoms. The Bertz CT molecular complexity index is 892. The van der Waals surface area contributed by atoms with Gasteiger partial charge in [-0.05, 0) is 68.0 Å². The Hall–Kier alpha value is -2.70. The van der Waals surface area contributed by atoms with E-state index in [4.69, 9.17) is 4.74 Å². The first kappa shape index (κ1) is 19.6. The van der Waals surface area contributed by atoms with Gasteiger partial charge in [0.05, 0.1) is 5.56 Å². The zero-order valence-corrected chi connectivity index (χ0v) is 16.1. The number of urea groups is 1. The number of amides is 2. The zero-order chi connectivity index (χ0) is 20.6. The fourth-order valence-electron chi connectivity index (χ4n) is 3.68. The van der Waals surface area contributed by atoms with Crippen LogP contribution < -0.4 is 10.1 Å². The minimum atomic E-state index is -4.37. The molecule has 29 heavy (non-hydrogen) atoms. The number of hydrogen-bond acceptors (Lipinski definition) is 2. The maximum atomic E-state index is 12.7. The number of ether oxygens (including phenoxy) is 1. The molecule has 4 nitrogen and oxygen atoms in total. The standard InChI is InChI=1S/C22H23F3N2O2/c1-14(15-5-6-15)26-21(28)27-12-11-19-16(13-27)3-2-4-20(19)29-18-9-7-17(8-10-18)22(23,24)25/h2-4,7-10,14-15H,5-6,11-13H2,1H3,(H,26,28)/t14-/m0/s1. The lowest BCUT2D eigenvalue weighted by Crippen LogP contribution is -2.46. The number of hydrogen-bond donors (Lipinski definition) is 1. The fourth-order valence-corrected chi connectivity index (χ4v) is 3.68. The molecule has 2 amide bonds. The van der Waals surface area contributed by atoms with E-state index in [1.54, 1.807) is 11.0 Å². The fraction of sp³-hybridized carbons (Fsp3) is 0.409. The van der Waals surface area contributed by atoms with Crippen molar-refractivity contribution in [2.75, 3.05) is 6.54 Å². The molecule has 4 rings (SSSR count). The van der Waals surface area contributed by atoms with Crippen LogP contribution in [0.3, 0.4) is 0 Å². The van der Waals surface area contributed by atoms with E-state index in [1.165, 1.54) is 25.0 Å². The Morgan fingerprint density at radius 2 is 1.90 bits per heavy atom. The predicted molar refractivity (Wildman–Crippen MR) is 103 cm³/mol. The highest BCUT2D eigenvalue weighted by molar-refractivity contribution is 5.75. The zero-order valence-electron chi connectivity index (χ0n) is 16.1. The molecule has 1 N–H and O–H groups in total. The van der Waals surface area contributed by atoms with E-state index in [1.807, 2.05) is 19.1 Å². The number of fused-ring (bicyclic) bond motifs is 1. The maximum Gasteiger partial charge on any atom is 0.416 e. The summed E-state index contributed by atoms with van der Waals surface area (Å²) in [5.41, 5.74) is 1.28. The van der Waals surface area contributed by atoms with Crippen molar-refractivity contribution in [2.45, 2.75) is 44.9 Å². The van der Waals surface area contributed by atoms with E-state index in [9.17, 15) is 18.0 Å². The topological polar surface area (TPSA) is 41.6 Å². The molecule has 1 aliphatic heterocycles. The summed E-state index contributed by atoms with van der Waals surface area (Å²) < 4.78 is 44.0. The highest BCUT2D eigenvalue weighted by Gasteiger charge is 2.31. The highest BCUT2D eigenvalue weighted by Crippen LogP contribution is 2.35. The Morgan fingerprint density at radius 1 is 1.17 bits per heavy atom. The summed E-state index contributed by atoms with van der Waals surface area (Å²) in [5, 5.41) is 3.08. The molecule has 0 spiro atoms. The van der Waals surface area contributed by atoms with Crippen molar-refractivity contribution in [3.8, 4) is 11.5 Å². The van der Waals surface area contributed by atoms with E-state index in [0.717, 1.165) is 23.3 Å². The molecule has 0 saturated heterocycles. The quantitative estimate of drug-likeness (QED) is 0.745. The summed E-state index contributed by atoms with van der Waals surface area (Å²) in [4.78, 5) is 14.3. The average molecular weight is 404 g/mol. The van der Waals surface area contributed by atoms with Crippen molar-refractivity contribution in [3.05, 3.63) is 59.2 Å². The summed E-state index contributed by atoms with van der Waals surface area (Å²) in [5.74, 6) is 1.57. The highest BCUT2D eigenvalue weighted by atomic mass is 19.4. The van der Waals surface area contributed by atoms with Gasteiger partial charge in [0, 0.05) is 24.7 Å². The Morgan fingerprint density at radius 3 is 2.55 bits per heavy atom. The van der Waals surface area contributed by atoms with Crippen molar-refractivity contribution in [1.82, 2.24) is 10.2 Å². The summed E-state index contributed by atoms with van der Waals surface area (Å²) in [6, 6.07) is 10.4. The molecule has 1 fully saturated rings. The van der Waals surface area contributed by atoms with Crippen LogP contribution in [0.4, 0.5) is 18.0 Å². The van der Waals surface area contributed by atoms with Crippen LogP contribution in [0.1, 0.15) is 36.5 Å². The number of alkyl halides is 3. The molecule has 2 aromatic carbocycles. The normalized spacial score (nSPS) is 17.4. The molecule has 0 aromatic heterocycles. The second kappa shape index (κ2) is 7.61. The molecule has 154 valence electrons. The largest absolute Gasteiger partial charge is 0.457 e. The number of halogens is 3. The smallest absolute Gasteiger partial charge is 0.416 e. The first-order chi connectivity index (χ1) is 13.8. The number of nitrogens with zero attached hydrogens (tertiary/aromatic N) is 1. The van der Waals surface area contributed by atoms with E-state index >= 15 is 0 Å². The van der Waals surface area contributed by atoms with E-state index in [-0.39, 0.29) is 12.1 Å². The third kappa shape index (κ3) is 4.49. The first-order valence-corrected chi connectivity index (χ1v) is 9.82. The molecule has 1 saturated carbocycles. The van der Waals surface area contributed by atoms with Gasteiger partial charge in [0.25, 0.3) is 0 Å². The van der Waals surface area contributed by atoms with Gasteiger partial charge in [0.1, 0.15) is 11.5 Å². The van der Waals surface area contributed by atoms with Gasteiger partial charge in [0.2, 0.25) is 0 Å². The molecule has 1 heterocycles. The van der Waals surface area contributed by atoms with E-state index in [2.05, 4.69) is 5.32 Å². The van der Waals surface area contributed by atoms with Gasteiger partial charge in [-0.25, -0.2) is 4.79 Å². The molecule has 2 aromatic rings. The van der Waals surface area contributed by atoms with E-state index < -0.39 is 11.7 Å². The molecular formula is C22H23F3N2O2. The van der Waals surface area contributed by atoms with Gasteiger partial charge in [-0.2, -0.15) is 13.2 Å². The Labute approximate surface area is 167 Å². The maximum absolute atomic E-state index is 12.7. The van der Waals surface area contributed by atoms with Gasteiger partial charge in [0.15, 0.2) is 0 Å². The summed E-state index contributed by atoms with van der Waals surface area (Å²) >= 11 is 0. The number of carbonyl (C=O) groups excluding carboxylic acids is 1. The number of carbonyl (C=O) groups is 1. The van der Waals surface area contributed by atoms with Crippen molar-refractivity contribution in [1.29, 1.82) is 0 Å². The average Bonchev–Trinajstić information content (AvgIpc) is 3.53. The van der Waals surface area contributed by atoms with Gasteiger partial charge in [-0.3, -0.25) is 0 Å². The minimum absolute atomic E-state index is 0.0517. The number of nitrogens with one attached hydrogen (secondary N) is 1. The third-order valence-electron chi connectivity index (χ3n) is 5.60. The van der Waals surface area contributed by atoms with Crippen molar-refractivity contribution >= 4 is 6.03 Å². The minimum Gasteiger partial charge on any atom is -0.457 e. The number of benzene rings is 2. The van der Waals surface area contributed by atoms with Gasteiger partial charge >= 0.3 is 12.2 Å². The van der Waals surface area contributed by atoms with Crippen molar-refractivity contribution < 1.29 is 22.7 Å².